The minimum Gasteiger partial charge on any atom is -0.414 e. The van der Waals surface area contributed by atoms with Gasteiger partial charge in [0, 0.05) is 43.4 Å². The summed E-state index contributed by atoms with van der Waals surface area (Å²) in [4.78, 5) is 31.5. The molecule has 0 spiro atoms. The molecule has 222 valence electrons. The van der Waals surface area contributed by atoms with Crippen LogP contribution in [0.2, 0.25) is 0 Å². The van der Waals surface area contributed by atoms with Gasteiger partial charge in [-0.3, -0.25) is 10.1 Å². The highest BCUT2D eigenvalue weighted by atomic mass is 35.5. The van der Waals surface area contributed by atoms with Crippen molar-refractivity contribution in [2.75, 3.05) is 5.34 Å². The minimum absolute atomic E-state index is 0.0747. The molecule has 0 aliphatic heterocycles. The molecule has 0 saturated heterocycles. The third kappa shape index (κ3) is 17.5. The van der Waals surface area contributed by atoms with Gasteiger partial charge in [-0.15, -0.1) is 23.2 Å². The number of nitrogens with zero attached hydrogens (tertiary/aromatic N) is 1. The van der Waals surface area contributed by atoms with E-state index in [0.717, 1.165) is 11.1 Å². The molecule has 0 aliphatic carbocycles. The molecule has 0 atom stereocenters. The standard InChI is InChI=1S/C15H16N2O.C7H4ClNO4.C7H9N.CH2Cl2/c18-15(16-11-13-7-3-1-4-8-13)17-12-14-9-5-2-6-10-14;8-7(10)13-6-3-1-5(2-4-6)9(11)12;8-6-7-4-2-1-3-5-7;2-1-3/h1-10H,11-12H2,(H2,16,17,18);1-4H;1-5H,6,8H2;1H2. The Kier molecular flexibility index (Phi) is 19.2. The Morgan fingerprint density at radius 3 is 1.40 bits per heavy atom. The summed E-state index contributed by atoms with van der Waals surface area (Å²) in [6, 6.07) is 34.5. The summed E-state index contributed by atoms with van der Waals surface area (Å²) in [5.41, 5.74) is 7.67. The molecule has 4 rings (SSSR count). The van der Waals surface area contributed by atoms with Gasteiger partial charge in [0.1, 0.15) is 5.75 Å². The van der Waals surface area contributed by atoms with E-state index in [9.17, 15) is 19.7 Å². The monoisotopic (exact) mass is 632 g/mol. The van der Waals surface area contributed by atoms with E-state index < -0.39 is 10.4 Å². The molecule has 0 heterocycles. The van der Waals surface area contributed by atoms with Gasteiger partial charge in [0.25, 0.3) is 5.69 Å². The molecule has 0 saturated carbocycles. The van der Waals surface area contributed by atoms with Gasteiger partial charge in [0.05, 0.1) is 10.3 Å². The zero-order valence-electron chi connectivity index (χ0n) is 22.5. The largest absolute Gasteiger partial charge is 0.414 e. The number of nitro groups is 1. The minimum atomic E-state index is -0.978. The summed E-state index contributed by atoms with van der Waals surface area (Å²) in [6.07, 6.45) is 0. The van der Waals surface area contributed by atoms with E-state index in [1.54, 1.807) is 0 Å². The van der Waals surface area contributed by atoms with Gasteiger partial charge in [-0.1, -0.05) is 91.0 Å². The van der Waals surface area contributed by atoms with E-state index in [1.165, 1.54) is 29.8 Å². The van der Waals surface area contributed by atoms with Gasteiger partial charge in [0.2, 0.25) is 0 Å². The zero-order chi connectivity index (χ0) is 31.0. The van der Waals surface area contributed by atoms with Crippen molar-refractivity contribution in [2.24, 2.45) is 5.73 Å². The number of non-ortho nitro benzene ring substituents is 1. The van der Waals surface area contributed by atoms with Gasteiger partial charge in [-0.2, -0.15) is 0 Å². The van der Waals surface area contributed by atoms with Gasteiger partial charge >= 0.3 is 11.5 Å². The summed E-state index contributed by atoms with van der Waals surface area (Å²) in [5, 5.41) is 16.0. The molecular weight excluding hydrogens is 603 g/mol. The first-order chi connectivity index (χ1) is 20.3. The van der Waals surface area contributed by atoms with Crippen LogP contribution < -0.4 is 21.1 Å². The van der Waals surface area contributed by atoms with Gasteiger partial charge in [0.15, 0.2) is 0 Å². The van der Waals surface area contributed by atoms with E-state index in [2.05, 4.69) is 15.4 Å². The van der Waals surface area contributed by atoms with Crippen LogP contribution in [0.5, 0.6) is 5.75 Å². The lowest BCUT2D eigenvalue weighted by Crippen LogP contribution is -2.34. The van der Waals surface area contributed by atoms with Crippen LogP contribution in [0.15, 0.2) is 115 Å². The van der Waals surface area contributed by atoms with Crippen molar-refractivity contribution in [3.8, 4) is 5.75 Å². The van der Waals surface area contributed by atoms with Crippen molar-refractivity contribution in [2.45, 2.75) is 19.6 Å². The van der Waals surface area contributed by atoms with E-state index in [1.807, 2.05) is 91.0 Å². The molecule has 0 aromatic heterocycles. The topological polar surface area (TPSA) is 137 Å². The molecule has 4 aromatic carbocycles. The summed E-state index contributed by atoms with van der Waals surface area (Å²) in [6.45, 7) is 1.73. The van der Waals surface area contributed by atoms with Crippen molar-refractivity contribution in [3.05, 3.63) is 142 Å². The van der Waals surface area contributed by atoms with Gasteiger partial charge in [-0.25, -0.2) is 9.59 Å². The third-order valence-corrected chi connectivity index (χ3v) is 4.99. The Hall–Kier alpha value is -4.15. The Labute approximate surface area is 259 Å². The molecule has 4 N–H and O–H groups in total. The number of rotatable bonds is 7. The fourth-order valence-corrected chi connectivity index (χ4v) is 3.05. The first-order valence-corrected chi connectivity index (χ1v) is 13.8. The molecule has 2 amide bonds. The number of nitrogens with one attached hydrogen (secondary N) is 2. The predicted octanol–water partition coefficient (Wildman–Crippen LogP) is 7.59. The van der Waals surface area contributed by atoms with Crippen molar-refractivity contribution in [3.63, 3.8) is 0 Å². The van der Waals surface area contributed by atoms with Crippen LogP contribution in [0, 0.1) is 10.1 Å². The maximum atomic E-state index is 11.6. The molecule has 4 aromatic rings. The molecule has 12 heteroatoms. The van der Waals surface area contributed by atoms with Crippen molar-refractivity contribution < 1.29 is 19.2 Å². The lowest BCUT2D eigenvalue weighted by molar-refractivity contribution is -0.384. The van der Waals surface area contributed by atoms with E-state index >= 15 is 0 Å². The lowest BCUT2D eigenvalue weighted by Gasteiger charge is -2.07. The number of hydrogen-bond donors (Lipinski definition) is 3. The number of ether oxygens (including phenoxy) is 1. The fourth-order valence-electron chi connectivity index (χ4n) is 2.96. The van der Waals surface area contributed by atoms with E-state index in [-0.39, 0.29) is 22.8 Å². The number of nitro benzene ring substituents is 1. The van der Waals surface area contributed by atoms with Gasteiger partial charge < -0.3 is 21.1 Å². The second-order valence-electron chi connectivity index (χ2n) is 7.89. The SMILES string of the molecule is ClCCl.NCc1ccccc1.O=C(Cl)Oc1ccc([N+](=O)[O-])cc1.O=C(NCc1ccccc1)NCc1ccccc1. The highest BCUT2D eigenvalue weighted by Crippen LogP contribution is 2.17. The highest BCUT2D eigenvalue weighted by Gasteiger charge is 2.05. The van der Waals surface area contributed by atoms with Crippen molar-refractivity contribution in [1.82, 2.24) is 10.6 Å². The molecule has 0 radical (unpaired) electrons. The number of carbonyl (C=O) groups excluding carboxylic acids is 2. The average Bonchev–Trinajstić information content (AvgIpc) is 3.01. The Morgan fingerprint density at radius 1 is 0.714 bits per heavy atom. The molecule has 9 nitrogen and oxygen atoms in total. The first kappa shape index (κ1) is 35.9. The van der Waals surface area contributed by atoms with Crippen LogP contribution in [0.3, 0.4) is 0 Å². The fraction of sp³-hybridized carbons (Fsp3) is 0.133. The quantitative estimate of drug-likeness (QED) is 0.0830. The molecule has 0 bridgehead atoms. The average molecular weight is 634 g/mol. The van der Waals surface area contributed by atoms with Crippen LogP contribution in [0.1, 0.15) is 16.7 Å². The summed E-state index contributed by atoms with van der Waals surface area (Å²) >= 11 is 14.4. The normalized spacial score (nSPS) is 9.24. The Balaban J connectivity index is 0.000000321. The maximum absolute atomic E-state index is 11.6. The third-order valence-electron chi connectivity index (χ3n) is 4.92. The summed E-state index contributed by atoms with van der Waals surface area (Å²) in [7, 11) is 0. The number of nitrogens with two attached hydrogens (primary N) is 1. The van der Waals surface area contributed by atoms with E-state index in [0.29, 0.717) is 19.6 Å². The number of hydrogen-bond acceptors (Lipinski definition) is 6. The van der Waals surface area contributed by atoms with E-state index in [4.69, 9.17) is 40.5 Å². The molecule has 0 aliphatic rings. The predicted molar refractivity (Wildman–Crippen MR) is 168 cm³/mol. The molecule has 0 fully saturated rings. The Morgan fingerprint density at radius 2 is 1.10 bits per heavy atom. The molecular formula is C30H31Cl3N4O5. The molecule has 0 unspecified atom stereocenters. The second kappa shape index (κ2) is 22.5. The number of amides is 2. The summed E-state index contributed by atoms with van der Waals surface area (Å²) in [5.74, 6) is 0.172. The number of halogens is 3. The van der Waals surface area contributed by atoms with Crippen LogP contribution in [0.4, 0.5) is 15.3 Å². The highest BCUT2D eigenvalue weighted by molar-refractivity contribution is 6.61. The van der Waals surface area contributed by atoms with Crippen LogP contribution >= 0.6 is 34.8 Å². The van der Waals surface area contributed by atoms with Crippen LogP contribution in [0.25, 0.3) is 0 Å². The number of alkyl halides is 2. The summed E-state index contributed by atoms with van der Waals surface area (Å²) < 4.78 is 4.45. The molecule has 42 heavy (non-hydrogen) atoms. The smallest absolute Gasteiger partial charge is 0.409 e. The van der Waals surface area contributed by atoms with Crippen LogP contribution in [-0.4, -0.2) is 21.7 Å². The number of carbonyl (C=O) groups is 2. The number of benzene rings is 4. The first-order valence-electron chi connectivity index (χ1n) is 12.4. The van der Waals surface area contributed by atoms with Crippen molar-refractivity contribution >= 4 is 51.9 Å². The maximum Gasteiger partial charge on any atom is 0.409 e. The second-order valence-corrected chi connectivity index (χ2v) is 9.01. The number of urea groups is 1. The lowest BCUT2D eigenvalue weighted by atomic mass is 10.2. The van der Waals surface area contributed by atoms with Crippen molar-refractivity contribution in [1.29, 1.82) is 0 Å². The zero-order valence-corrected chi connectivity index (χ0v) is 24.8. The van der Waals surface area contributed by atoms with Crippen LogP contribution in [-0.2, 0) is 19.6 Å². The van der Waals surface area contributed by atoms with Gasteiger partial charge in [-0.05, 0) is 28.8 Å². The Bertz CT molecular complexity index is 1260.